The summed E-state index contributed by atoms with van der Waals surface area (Å²) in [6.45, 7) is 0. The van der Waals surface area contributed by atoms with E-state index in [0.717, 1.165) is 20.6 Å². The molecule has 0 fully saturated rings. The van der Waals surface area contributed by atoms with Gasteiger partial charge in [0.2, 0.25) is 7.29 Å². The van der Waals surface area contributed by atoms with Crippen LogP contribution in [0.5, 0.6) is 0 Å². The van der Waals surface area contributed by atoms with Crippen LogP contribution in [0.4, 0.5) is 0 Å². The normalized spacial score (nSPS) is 11.7. The molecule has 0 bridgehead atoms. The molecule has 0 aliphatic rings. The lowest BCUT2D eigenvalue weighted by Crippen LogP contribution is -2.14. The first-order chi connectivity index (χ1) is 11.2. The highest BCUT2D eigenvalue weighted by molar-refractivity contribution is 9.10. The quantitative estimate of drug-likeness (QED) is 0.470. The first-order valence-corrected chi connectivity index (χ1v) is 9.67. The van der Waals surface area contributed by atoms with Crippen molar-refractivity contribution in [1.29, 1.82) is 0 Å². The Morgan fingerprint density at radius 2 is 1.22 bits per heavy atom. The van der Waals surface area contributed by atoms with Crippen LogP contribution in [0.2, 0.25) is 0 Å². The van der Waals surface area contributed by atoms with Gasteiger partial charge in [0.1, 0.15) is 0 Å². The molecule has 23 heavy (non-hydrogen) atoms. The number of hydrogen-bond acceptors (Lipinski definition) is 1. The molecule has 3 aromatic rings. The summed E-state index contributed by atoms with van der Waals surface area (Å²) in [6, 6.07) is 26.6. The van der Waals surface area contributed by atoms with Gasteiger partial charge >= 0.3 is 0 Å². The summed E-state index contributed by atoms with van der Waals surface area (Å²) in [5, 5.41) is 1.46. The molecule has 0 aromatic heterocycles. The van der Waals surface area contributed by atoms with Gasteiger partial charge in [-0.25, -0.2) is 4.76 Å². The summed E-state index contributed by atoms with van der Waals surface area (Å²) >= 11 is 3.50. The fraction of sp³-hybridized carbons (Fsp3) is 0. The maximum Gasteiger partial charge on any atom is 0.247 e. The zero-order valence-corrected chi connectivity index (χ0v) is 14.8. The molecule has 0 heterocycles. The molecular formula is C19H15BrNOP. The first-order valence-electron chi connectivity index (χ1n) is 7.21. The van der Waals surface area contributed by atoms with Crippen LogP contribution in [0, 0.1) is 0 Å². The molecule has 2 nitrogen and oxygen atoms in total. The highest BCUT2D eigenvalue weighted by Crippen LogP contribution is 2.44. The van der Waals surface area contributed by atoms with Crippen molar-refractivity contribution in [2.75, 3.05) is 0 Å². The Labute approximate surface area is 144 Å². The summed E-state index contributed by atoms with van der Waals surface area (Å²) in [5.41, 5.74) is 0.902. The van der Waals surface area contributed by atoms with Crippen LogP contribution in [0.25, 0.3) is 0 Å². The molecule has 0 radical (unpaired) electrons. The van der Waals surface area contributed by atoms with Crippen LogP contribution in [-0.4, -0.2) is 6.21 Å². The van der Waals surface area contributed by atoms with E-state index >= 15 is 0 Å². The average molecular weight is 384 g/mol. The van der Waals surface area contributed by atoms with E-state index in [1.807, 2.05) is 84.9 Å². The smallest absolute Gasteiger partial charge is 0.247 e. The highest BCUT2D eigenvalue weighted by Gasteiger charge is 2.25. The van der Waals surface area contributed by atoms with Crippen LogP contribution in [0.15, 0.2) is 94.2 Å². The predicted octanol–water partition coefficient (Wildman–Crippen LogP) is 4.80. The lowest BCUT2D eigenvalue weighted by Gasteiger charge is -2.14. The van der Waals surface area contributed by atoms with E-state index in [1.54, 1.807) is 6.21 Å². The maximum atomic E-state index is 13.7. The van der Waals surface area contributed by atoms with E-state index in [-0.39, 0.29) is 0 Å². The Morgan fingerprint density at radius 1 is 0.739 bits per heavy atom. The lowest BCUT2D eigenvalue weighted by molar-refractivity contribution is 0.588. The summed E-state index contributed by atoms with van der Waals surface area (Å²) < 4.78 is 19.1. The van der Waals surface area contributed by atoms with Gasteiger partial charge < -0.3 is 0 Å². The van der Waals surface area contributed by atoms with E-state index in [1.165, 1.54) is 0 Å². The number of benzene rings is 3. The number of halogens is 1. The third-order valence-electron chi connectivity index (χ3n) is 3.48. The zero-order valence-electron chi connectivity index (χ0n) is 12.3. The van der Waals surface area contributed by atoms with Gasteiger partial charge in [0.15, 0.2) is 0 Å². The van der Waals surface area contributed by atoms with Crippen LogP contribution in [0.1, 0.15) is 5.56 Å². The van der Waals surface area contributed by atoms with Gasteiger partial charge in [-0.05, 0) is 30.3 Å². The van der Waals surface area contributed by atoms with Crippen LogP contribution < -0.4 is 10.6 Å². The largest absolute Gasteiger partial charge is 0.288 e. The van der Waals surface area contributed by atoms with Crippen molar-refractivity contribution in [3.63, 3.8) is 0 Å². The van der Waals surface area contributed by atoms with Crippen molar-refractivity contribution in [1.82, 2.24) is 0 Å². The molecule has 0 atom stereocenters. The lowest BCUT2D eigenvalue weighted by atomic mass is 10.2. The topological polar surface area (TPSA) is 29.4 Å². The van der Waals surface area contributed by atoms with E-state index < -0.39 is 7.29 Å². The Bertz CT molecular complexity index is 819. The summed E-state index contributed by atoms with van der Waals surface area (Å²) in [4.78, 5) is 0. The van der Waals surface area contributed by atoms with Crippen molar-refractivity contribution < 1.29 is 4.57 Å². The Balaban J connectivity index is 2.11. The van der Waals surface area contributed by atoms with Crippen molar-refractivity contribution in [2.24, 2.45) is 4.76 Å². The Kier molecular flexibility index (Phi) is 4.90. The predicted molar refractivity (Wildman–Crippen MR) is 101 cm³/mol. The minimum absolute atomic E-state index is 0.731. The third-order valence-corrected chi connectivity index (χ3v) is 6.64. The second-order valence-corrected chi connectivity index (χ2v) is 8.28. The fourth-order valence-electron chi connectivity index (χ4n) is 2.27. The van der Waals surface area contributed by atoms with Gasteiger partial charge in [-0.2, -0.15) is 0 Å². The monoisotopic (exact) mass is 383 g/mol. The molecule has 0 spiro atoms. The van der Waals surface area contributed by atoms with Crippen LogP contribution in [0.3, 0.4) is 0 Å². The van der Waals surface area contributed by atoms with Crippen molar-refractivity contribution >= 4 is 40.0 Å². The van der Waals surface area contributed by atoms with Gasteiger partial charge in [-0.3, -0.25) is 4.57 Å². The van der Waals surface area contributed by atoms with Gasteiger partial charge in [-0.1, -0.05) is 70.5 Å². The Morgan fingerprint density at radius 3 is 1.74 bits per heavy atom. The molecule has 0 aliphatic heterocycles. The second-order valence-electron chi connectivity index (χ2n) is 5.01. The van der Waals surface area contributed by atoms with Gasteiger partial charge in [0.05, 0.1) is 0 Å². The summed E-state index contributed by atoms with van der Waals surface area (Å²) in [7, 11) is -3.06. The van der Waals surface area contributed by atoms with Gasteiger partial charge in [0.25, 0.3) is 0 Å². The number of nitrogens with zero attached hydrogens (tertiary/aromatic N) is 1. The van der Waals surface area contributed by atoms with E-state index in [2.05, 4.69) is 20.7 Å². The molecular weight excluding hydrogens is 369 g/mol. The molecule has 4 heteroatoms. The van der Waals surface area contributed by atoms with Crippen molar-refractivity contribution in [2.45, 2.75) is 0 Å². The van der Waals surface area contributed by atoms with Crippen molar-refractivity contribution in [3.05, 3.63) is 95.0 Å². The fourth-order valence-corrected chi connectivity index (χ4v) is 4.66. The van der Waals surface area contributed by atoms with E-state index in [4.69, 9.17) is 0 Å². The minimum atomic E-state index is -3.06. The molecule has 0 aliphatic carbocycles. The van der Waals surface area contributed by atoms with E-state index in [9.17, 15) is 4.57 Å². The van der Waals surface area contributed by atoms with Gasteiger partial charge in [0, 0.05) is 26.9 Å². The standard InChI is InChI=1S/C19H15BrNOP/c20-19-14-8-7-9-16(19)15-21-23(22,17-10-3-1-4-11-17)18-12-5-2-6-13-18/h1-15H/b21-15+. The maximum absolute atomic E-state index is 13.7. The molecule has 0 saturated heterocycles. The molecule has 0 unspecified atom stereocenters. The summed E-state index contributed by atoms with van der Waals surface area (Å²) in [6.07, 6.45) is 1.69. The van der Waals surface area contributed by atoms with Crippen molar-refractivity contribution in [3.8, 4) is 0 Å². The number of rotatable bonds is 4. The number of hydrogen-bond donors (Lipinski definition) is 0. The second kappa shape index (κ2) is 7.08. The summed E-state index contributed by atoms with van der Waals surface area (Å²) in [5.74, 6) is 0. The first kappa shape index (κ1) is 15.9. The highest BCUT2D eigenvalue weighted by atomic mass is 79.9. The molecule has 0 N–H and O–H groups in total. The molecule has 3 aromatic carbocycles. The minimum Gasteiger partial charge on any atom is -0.288 e. The van der Waals surface area contributed by atoms with Crippen LogP contribution in [-0.2, 0) is 4.57 Å². The SMILES string of the molecule is O=P(/N=C/c1ccccc1Br)(c1ccccc1)c1ccccc1. The van der Waals surface area contributed by atoms with Crippen LogP contribution >= 0.6 is 23.2 Å². The Hall–Kier alpha value is -1.96. The molecule has 0 saturated carbocycles. The average Bonchev–Trinajstić information content (AvgIpc) is 2.62. The molecule has 3 rings (SSSR count). The molecule has 0 amide bonds. The van der Waals surface area contributed by atoms with Gasteiger partial charge in [-0.15, -0.1) is 0 Å². The zero-order chi connectivity index (χ0) is 16.1. The van der Waals surface area contributed by atoms with E-state index in [0.29, 0.717) is 0 Å². The third kappa shape index (κ3) is 3.52. The molecule has 114 valence electrons.